The Morgan fingerprint density at radius 1 is 1.07 bits per heavy atom. The molecule has 0 saturated carbocycles. The van der Waals surface area contributed by atoms with E-state index in [-0.39, 0.29) is 12.5 Å². The zero-order valence-electron chi connectivity index (χ0n) is 16.1. The van der Waals surface area contributed by atoms with Gasteiger partial charge < -0.3 is 14.8 Å². The van der Waals surface area contributed by atoms with Gasteiger partial charge in [-0.25, -0.2) is 5.43 Å². The Hall–Kier alpha value is -3.61. The molecule has 7 nitrogen and oxygen atoms in total. The number of carbonyl (C=O) groups excluding carboxylic acids is 2. The van der Waals surface area contributed by atoms with Gasteiger partial charge in [0.15, 0.2) is 0 Å². The first-order valence-electron chi connectivity index (χ1n) is 8.60. The van der Waals surface area contributed by atoms with E-state index in [1.165, 1.54) is 6.08 Å². The van der Waals surface area contributed by atoms with Gasteiger partial charge >= 0.3 is 0 Å². The zero-order valence-corrected chi connectivity index (χ0v) is 16.1. The van der Waals surface area contributed by atoms with Gasteiger partial charge in [-0.2, -0.15) is 5.10 Å². The molecular weight excluding hydrogens is 358 g/mol. The number of benzene rings is 2. The number of ether oxygens (including phenoxy) is 2. The molecule has 0 aliphatic rings. The summed E-state index contributed by atoms with van der Waals surface area (Å²) < 4.78 is 10.5. The molecule has 0 saturated heterocycles. The summed E-state index contributed by atoms with van der Waals surface area (Å²) in [5.41, 5.74) is 4.59. The molecule has 0 atom stereocenters. The number of nitrogens with one attached hydrogen (secondary N) is 2. The first kappa shape index (κ1) is 20.7. The summed E-state index contributed by atoms with van der Waals surface area (Å²) in [5, 5.41) is 6.56. The molecule has 2 amide bonds. The fourth-order valence-electron chi connectivity index (χ4n) is 2.31. The summed E-state index contributed by atoms with van der Waals surface area (Å²) in [4.78, 5) is 23.7. The number of methoxy groups -OCH3 is 2. The highest BCUT2D eigenvalue weighted by molar-refractivity contribution is 6.02. The van der Waals surface area contributed by atoms with E-state index in [9.17, 15) is 9.59 Å². The lowest BCUT2D eigenvalue weighted by Crippen LogP contribution is -2.34. The van der Waals surface area contributed by atoms with E-state index in [1.54, 1.807) is 45.4 Å². The molecule has 0 bridgehead atoms. The van der Waals surface area contributed by atoms with Gasteiger partial charge in [-0.3, -0.25) is 9.59 Å². The van der Waals surface area contributed by atoms with Crippen LogP contribution in [0.3, 0.4) is 0 Å². The first-order chi connectivity index (χ1) is 13.5. The quantitative estimate of drug-likeness (QED) is 0.417. The Labute approximate surface area is 164 Å². The van der Waals surface area contributed by atoms with Crippen molar-refractivity contribution in [1.29, 1.82) is 0 Å². The molecule has 0 aliphatic carbocycles. The van der Waals surface area contributed by atoms with Crippen molar-refractivity contribution >= 4 is 23.6 Å². The van der Waals surface area contributed by atoms with Crippen LogP contribution >= 0.6 is 0 Å². The molecule has 2 aromatic rings. The van der Waals surface area contributed by atoms with Crippen LogP contribution < -0.4 is 20.2 Å². The molecular formula is C21H23N3O4. The average Bonchev–Trinajstić information content (AvgIpc) is 2.74. The summed E-state index contributed by atoms with van der Waals surface area (Å²) in [7, 11) is 3.11. The SMILES string of the molecule is COc1ccc(/C(C)=N/NC(=O)CNC(=O)/C=C\c2ccccc2)c(OC)c1. The molecule has 0 unspecified atom stereocenters. The number of nitrogens with zero attached hydrogens (tertiary/aromatic N) is 1. The van der Waals surface area contributed by atoms with Crippen LogP contribution in [0.4, 0.5) is 0 Å². The van der Waals surface area contributed by atoms with Crippen molar-refractivity contribution in [2.24, 2.45) is 5.10 Å². The van der Waals surface area contributed by atoms with E-state index in [4.69, 9.17) is 9.47 Å². The van der Waals surface area contributed by atoms with E-state index < -0.39 is 5.91 Å². The molecule has 146 valence electrons. The maximum absolute atomic E-state index is 11.9. The van der Waals surface area contributed by atoms with Gasteiger partial charge in [-0.1, -0.05) is 30.3 Å². The molecule has 0 aliphatic heterocycles. The van der Waals surface area contributed by atoms with Crippen LogP contribution in [0, 0.1) is 0 Å². The lowest BCUT2D eigenvalue weighted by molar-refractivity contribution is -0.123. The van der Waals surface area contributed by atoms with Gasteiger partial charge in [0.2, 0.25) is 5.91 Å². The smallest absolute Gasteiger partial charge is 0.259 e. The number of hydrazone groups is 1. The maximum Gasteiger partial charge on any atom is 0.259 e. The van der Waals surface area contributed by atoms with Crippen molar-refractivity contribution in [2.45, 2.75) is 6.92 Å². The zero-order chi connectivity index (χ0) is 20.4. The standard InChI is InChI=1S/C21H23N3O4/c1-15(18-11-10-17(27-2)13-19(18)28-3)23-24-21(26)14-22-20(25)12-9-16-7-5-4-6-8-16/h4-13H,14H2,1-3H3,(H,22,25)(H,24,26)/b12-9-,23-15+. The van der Waals surface area contributed by atoms with Gasteiger partial charge in [0.05, 0.1) is 26.5 Å². The largest absolute Gasteiger partial charge is 0.497 e. The van der Waals surface area contributed by atoms with Crippen molar-refractivity contribution in [2.75, 3.05) is 20.8 Å². The van der Waals surface area contributed by atoms with Crippen molar-refractivity contribution < 1.29 is 19.1 Å². The van der Waals surface area contributed by atoms with Crippen LogP contribution in [0.1, 0.15) is 18.1 Å². The van der Waals surface area contributed by atoms with E-state index >= 15 is 0 Å². The average molecular weight is 381 g/mol. The predicted octanol–water partition coefficient (Wildman–Crippen LogP) is 2.37. The third-order valence-electron chi connectivity index (χ3n) is 3.80. The first-order valence-corrected chi connectivity index (χ1v) is 8.60. The normalized spacial score (nSPS) is 11.2. The summed E-state index contributed by atoms with van der Waals surface area (Å²) >= 11 is 0. The van der Waals surface area contributed by atoms with E-state index in [0.717, 1.165) is 11.1 Å². The number of rotatable bonds is 8. The Bertz CT molecular complexity index is 876. The molecule has 0 aromatic heterocycles. The van der Waals surface area contributed by atoms with Crippen LogP contribution in [0.5, 0.6) is 11.5 Å². The Morgan fingerprint density at radius 2 is 1.82 bits per heavy atom. The predicted molar refractivity (Wildman–Crippen MR) is 108 cm³/mol. The summed E-state index contributed by atoms with van der Waals surface area (Å²) in [5.74, 6) is 0.433. The molecule has 2 N–H and O–H groups in total. The van der Waals surface area contributed by atoms with Crippen molar-refractivity contribution in [3.05, 3.63) is 65.7 Å². The topological polar surface area (TPSA) is 89.0 Å². The lowest BCUT2D eigenvalue weighted by atomic mass is 10.1. The van der Waals surface area contributed by atoms with Crippen molar-refractivity contribution in [3.8, 4) is 11.5 Å². The monoisotopic (exact) mass is 381 g/mol. The second-order valence-electron chi connectivity index (χ2n) is 5.76. The minimum Gasteiger partial charge on any atom is -0.497 e. The number of hydrogen-bond acceptors (Lipinski definition) is 5. The second kappa shape index (κ2) is 10.5. The fourth-order valence-corrected chi connectivity index (χ4v) is 2.31. The second-order valence-corrected chi connectivity index (χ2v) is 5.76. The van der Waals surface area contributed by atoms with Crippen LogP contribution in [0.2, 0.25) is 0 Å². The summed E-state index contributed by atoms with van der Waals surface area (Å²) in [6.07, 6.45) is 3.05. The van der Waals surface area contributed by atoms with E-state index in [0.29, 0.717) is 17.2 Å². The molecule has 0 heterocycles. The molecule has 2 aromatic carbocycles. The maximum atomic E-state index is 11.9. The minimum absolute atomic E-state index is 0.186. The highest BCUT2D eigenvalue weighted by Crippen LogP contribution is 2.24. The van der Waals surface area contributed by atoms with Crippen molar-refractivity contribution in [1.82, 2.24) is 10.7 Å². The van der Waals surface area contributed by atoms with Crippen LogP contribution in [-0.2, 0) is 9.59 Å². The molecule has 0 spiro atoms. The minimum atomic E-state index is -0.437. The summed E-state index contributed by atoms with van der Waals surface area (Å²) in [6.45, 7) is 1.56. The van der Waals surface area contributed by atoms with Gasteiger partial charge in [-0.15, -0.1) is 0 Å². The molecule has 2 rings (SSSR count). The van der Waals surface area contributed by atoms with Crippen LogP contribution in [0.25, 0.3) is 6.08 Å². The highest BCUT2D eigenvalue weighted by Gasteiger charge is 2.09. The molecule has 0 radical (unpaired) electrons. The molecule has 7 heteroatoms. The highest BCUT2D eigenvalue weighted by atomic mass is 16.5. The van der Waals surface area contributed by atoms with E-state index in [2.05, 4.69) is 15.8 Å². The molecule has 0 fully saturated rings. The number of amides is 2. The lowest BCUT2D eigenvalue weighted by Gasteiger charge is -2.10. The van der Waals surface area contributed by atoms with Crippen molar-refractivity contribution in [3.63, 3.8) is 0 Å². The van der Waals surface area contributed by atoms with Gasteiger partial charge in [0.25, 0.3) is 5.91 Å². The third kappa shape index (κ3) is 6.28. The summed E-state index contributed by atoms with van der Waals surface area (Å²) in [6, 6.07) is 14.7. The van der Waals surface area contributed by atoms with Crippen LogP contribution in [0.15, 0.2) is 59.7 Å². The van der Waals surface area contributed by atoms with Gasteiger partial charge in [0, 0.05) is 17.7 Å². The van der Waals surface area contributed by atoms with Crippen LogP contribution in [-0.4, -0.2) is 38.3 Å². The Morgan fingerprint density at radius 3 is 2.50 bits per heavy atom. The number of carbonyl (C=O) groups is 2. The molecule has 28 heavy (non-hydrogen) atoms. The number of hydrogen-bond donors (Lipinski definition) is 2. The Balaban J connectivity index is 1.87. The Kier molecular flexibility index (Phi) is 7.77. The van der Waals surface area contributed by atoms with Gasteiger partial charge in [0.1, 0.15) is 11.5 Å². The fraction of sp³-hybridized carbons (Fsp3) is 0.190. The van der Waals surface area contributed by atoms with Gasteiger partial charge in [-0.05, 0) is 30.7 Å². The van der Waals surface area contributed by atoms with E-state index in [1.807, 2.05) is 30.3 Å². The third-order valence-corrected chi connectivity index (χ3v) is 3.80.